The van der Waals surface area contributed by atoms with E-state index in [1.807, 2.05) is 33.8 Å². The Kier molecular flexibility index (Phi) is 6.54. The van der Waals surface area contributed by atoms with Crippen molar-refractivity contribution < 1.29 is 4.79 Å². The first-order chi connectivity index (χ1) is 11.3. The maximum Gasteiger partial charge on any atom is 0.233 e. The molecule has 0 radical (unpaired) electrons. The number of hydrogen-bond donors (Lipinski definition) is 2. The third-order valence-electron chi connectivity index (χ3n) is 3.47. The van der Waals surface area contributed by atoms with Crippen LogP contribution in [0.2, 0.25) is 10.0 Å². The predicted octanol–water partition coefficient (Wildman–Crippen LogP) is 4.59. The number of halogens is 2. The fourth-order valence-corrected chi connectivity index (χ4v) is 3.35. The van der Waals surface area contributed by atoms with E-state index in [0.29, 0.717) is 15.2 Å². The summed E-state index contributed by atoms with van der Waals surface area (Å²) in [5.41, 5.74) is 0.826. The number of rotatable bonds is 6. The van der Waals surface area contributed by atoms with E-state index < -0.39 is 0 Å². The van der Waals surface area contributed by atoms with Crippen molar-refractivity contribution in [3.8, 4) is 0 Å². The van der Waals surface area contributed by atoms with Gasteiger partial charge in [-0.1, -0.05) is 54.9 Å². The molecule has 1 aromatic heterocycles. The molecular formula is C16H20Cl2N4OS. The first kappa shape index (κ1) is 19.1. The highest BCUT2D eigenvalue weighted by atomic mass is 35.5. The van der Waals surface area contributed by atoms with Crippen molar-refractivity contribution >= 4 is 40.9 Å². The smallest absolute Gasteiger partial charge is 0.233 e. The third kappa shape index (κ3) is 4.88. The van der Waals surface area contributed by atoms with Crippen LogP contribution in [0.3, 0.4) is 0 Å². The summed E-state index contributed by atoms with van der Waals surface area (Å²) >= 11 is 13.4. The number of carbonyl (C=O) groups excluding carboxylic acids is 1. The Bertz CT molecular complexity index is 720. The minimum Gasteiger partial charge on any atom is -0.349 e. The molecule has 2 atom stereocenters. The van der Waals surface area contributed by atoms with Crippen LogP contribution in [0.1, 0.15) is 51.0 Å². The van der Waals surface area contributed by atoms with Gasteiger partial charge < -0.3 is 5.32 Å². The van der Waals surface area contributed by atoms with Crippen molar-refractivity contribution in [3.63, 3.8) is 0 Å². The maximum absolute atomic E-state index is 12.4. The first-order valence-corrected chi connectivity index (χ1v) is 9.25. The number of carbonyl (C=O) groups is 1. The summed E-state index contributed by atoms with van der Waals surface area (Å²) in [5.74, 6) is 0.976. The molecule has 0 aliphatic heterocycles. The van der Waals surface area contributed by atoms with Crippen LogP contribution in [0.4, 0.5) is 0 Å². The average molecular weight is 387 g/mol. The van der Waals surface area contributed by atoms with Crippen molar-refractivity contribution in [3.05, 3.63) is 39.6 Å². The maximum atomic E-state index is 12.4. The van der Waals surface area contributed by atoms with Crippen LogP contribution in [0.5, 0.6) is 0 Å². The number of aromatic nitrogens is 3. The second kappa shape index (κ2) is 8.23. The molecule has 8 heteroatoms. The molecule has 0 bridgehead atoms. The molecule has 0 saturated heterocycles. The van der Waals surface area contributed by atoms with Crippen LogP contribution in [0.25, 0.3) is 0 Å². The van der Waals surface area contributed by atoms with Crippen molar-refractivity contribution in [2.24, 2.45) is 0 Å². The molecule has 0 spiro atoms. The molecule has 0 fully saturated rings. The lowest BCUT2D eigenvalue weighted by Gasteiger charge is -2.18. The summed E-state index contributed by atoms with van der Waals surface area (Å²) in [5, 5.41) is 11.3. The first-order valence-electron chi connectivity index (χ1n) is 7.62. The normalized spacial score (nSPS) is 13.8. The van der Waals surface area contributed by atoms with Gasteiger partial charge in [-0.25, -0.2) is 4.98 Å². The minimum atomic E-state index is -0.325. The van der Waals surface area contributed by atoms with Gasteiger partial charge in [-0.05, 0) is 31.5 Å². The van der Waals surface area contributed by atoms with Crippen LogP contribution < -0.4 is 5.32 Å². The zero-order valence-electron chi connectivity index (χ0n) is 13.9. The molecule has 1 amide bonds. The van der Waals surface area contributed by atoms with Crippen LogP contribution in [-0.2, 0) is 4.79 Å². The van der Waals surface area contributed by atoms with Gasteiger partial charge in [0.1, 0.15) is 5.82 Å². The highest BCUT2D eigenvalue weighted by Gasteiger charge is 2.20. The Morgan fingerprint density at radius 2 is 1.96 bits per heavy atom. The van der Waals surface area contributed by atoms with Crippen LogP contribution >= 0.6 is 35.0 Å². The lowest BCUT2D eigenvalue weighted by molar-refractivity contribution is -0.120. The van der Waals surface area contributed by atoms with Crippen LogP contribution in [-0.4, -0.2) is 26.3 Å². The summed E-state index contributed by atoms with van der Waals surface area (Å²) in [4.78, 5) is 16.8. The predicted molar refractivity (Wildman–Crippen MR) is 98.8 cm³/mol. The van der Waals surface area contributed by atoms with Crippen molar-refractivity contribution in [2.45, 2.75) is 50.1 Å². The molecule has 2 aromatic rings. The fourth-order valence-electron chi connectivity index (χ4n) is 2.04. The van der Waals surface area contributed by atoms with Crippen molar-refractivity contribution in [2.75, 3.05) is 0 Å². The van der Waals surface area contributed by atoms with E-state index in [9.17, 15) is 4.79 Å². The van der Waals surface area contributed by atoms with Crippen LogP contribution in [0.15, 0.2) is 23.4 Å². The standard InChI is InChI=1S/C16H20Cl2N4OS/c1-8(2)14-20-16(22-21-14)24-10(4)15(23)19-9(3)12-6-5-11(17)7-13(12)18/h5-10H,1-4H3,(H,19,23)(H,20,21,22)/t9-,10+/m0/s1. The minimum absolute atomic E-state index is 0.102. The molecule has 1 aromatic carbocycles. The van der Waals surface area contributed by atoms with Gasteiger partial charge in [0.25, 0.3) is 0 Å². The van der Waals surface area contributed by atoms with E-state index in [0.717, 1.165) is 11.4 Å². The van der Waals surface area contributed by atoms with Gasteiger partial charge in [0.05, 0.1) is 11.3 Å². The highest BCUT2D eigenvalue weighted by Crippen LogP contribution is 2.27. The quantitative estimate of drug-likeness (QED) is 0.711. The molecule has 24 heavy (non-hydrogen) atoms. The Hall–Kier alpha value is -1.24. The van der Waals surface area contributed by atoms with Crippen molar-refractivity contribution in [1.29, 1.82) is 0 Å². The topological polar surface area (TPSA) is 70.7 Å². The SMILES string of the molecule is CC(C)c1nc(S[C@H](C)C(=O)N[C@@H](C)c2ccc(Cl)cc2Cl)n[nH]1. The van der Waals surface area contributed by atoms with E-state index in [-0.39, 0.29) is 23.1 Å². The van der Waals surface area contributed by atoms with E-state index in [1.54, 1.807) is 12.1 Å². The molecule has 0 aliphatic rings. The van der Waals surface area contributed by atoms with Crippen LogP contribution in [0, 0.1) is 0 Å². The van der Waals surface area contributed by atoms with Gasteiger partial charge in [0, 0.05) is 16.0 Å². The number of H-pyrrole nitrogens is 1. The third-order valence-corrected chi connectivity index (χ3v) is 4.99. The molecule has 2 rings (SSSR count). The monoisotopic (exact) mass is 386 g/mol. The number of hydrogen-bond acceptors (Lipinski definition) is 4. The molecule has 1 heterocycles. The number of nitrogens with zero attached hydrogens (tertiary/aromatic N) is 2. The summed E-state index contributed by atoms with van der Waals surface area (Å²) < 4.78 is 0. The number of amides is 1. The zero-order valence-corrected chi connectivity index (χ0v) is 16.3. The molecule has 0 saturated carbocycles. The highest BCUT2D eigenvalue weighted by molar-refractivity contribution is 8.00. The summed E-state index contributed by atoms with van der Waals surface area (Å²) in [7, 11) is 0. The van der Waals surface area contributed by atoms with Gasteiger partial charge in [0.15, 0.2) is 0 Å². The Morgan fingerprint density at radius 3 is 2.54 bits per heavy atom. The van der Waals surface area contributed by atoms with E-state index in [2.05, 4.69) is 20.5 Å². The Balaban J connectivity index is 1.97. The second-order valence-corrected chi connectivity index (χ2v) is 7.97. The molecule has 0 unspecified atom stereocenters. The number of thioether (sulfide) groups is 1. The van der Waals surface area contributed by atoms with Crippen molar-refractivity contribution in [1.82, 2.24) is 20.5 Å². The van der Waals surface area contributed by atoms with Gasteiger partial charge in [0.2, 0.25) is 11.1 Å². The lowest BCUT2D eigenvalue weighted by Crippen LogP contribution is -2.33. The number of nitrogens with one attached hydrogen (secondary N) is 2. The van der Waals surface area contributed by atoms with Gasteiger partial charge in [-0.2, -0.15) is 0 Å². The van der Waals surface area contributed by atoms with Gasteiger partial charge in [-0.15, -0.1) is 5.10 Å². The largest absolute Gasteiger partial charge is 0.349 e. The number of benzene rings is 1. The lowest BCUT2D eigenvalue weighted by atomic mass is 10.1. The van der Waals surface area contributed by atoms with E-state index in [1.165, 1.54) is 11.8 Å². The van der Waals surface area contributed by atoms with E-state index >= 15 is 0 Å². The Morgan fingerprint density at radius 1 is 1.25 bits per heavy atom. The zero-order chi connectivity index (χ0) is 17.9. The Labute approximate surface area is 155 Å². The fraction of sp³-hybridized carbons (Fsp3) is 0.438. The summed E-state index contributed by atoms with van der Waals surface area (Å²) in [6.07, 6.45) is 0. The number of aromatic amines is 1. The molecule has 0 aliphatic carbocycles. The summed E-state index contributed by atoms with van der Waals surface area (Å²) in [6, 6.07) is 5.02. The average Bonchev–Trinajstić information content (AvgIpc) is 2.95. The molecule has 2 N–H and O–H groups in total. The molecule has 5 nitrogen and oxygen atoms in total. The molecular weight excluding hydrogens is 367 g/mol. The van der Waals surface area contributed by atoms with Gasteiger partial charge >= 0.3 is 0 Å². The second-order valence-electron chi connectivity index (χ2n) is 5.81. The van der Waals surface area contributed by atoms with Gasteiger partial charge in [-0.3, -0.25) is 9.89 Å². The summed E-state index contributed by atoms with van der Waals surface area (Å²) in [6.45, 7) is 7.76. The van der Waals surface area contributed by atoms with E-state index in [4.69, 9.17) is 23.2 Å². The molecule has 130 valence electrons.